The third-order valence-corrected chi connectivity index (χ3v) is 7.06. The molecule has 0 bridgehead atoms. The van der Waals surface area contributed by atoms with Gasteiger partial charge in [-0.15, -0.1) is 0 Å². The fraction of sp³-hybridized carbons (Fsp3) is 0.407. The van der Waals surface area contributed by atoms with E-state index in [9.17, 15) is 14.7 Å². The highest BCUT2D eigenvalue weighted by Crippen LogP contribution is 2.38. The highest BCUT2D eigenvalue weighted by molar-refractivity contribution is 6.09. The maximum Gasteiger partial charge on any atom is 0.335 e. The molecule has 0 unspecified atom stereocenters. The number of likely N-dealkylation sites (tertiary alicyclic amines) is 1. The average molecular weight is 463 g/mol. The summed E-state index contributed by atoms with van der Waals surface area (Å²) in [5.41, 5.74) is 3.63. The first kappa shape index (κ1) is 22.5. The number of methoxy groups -OCH3 is 1. The minimum Gasteiger partial charge on any atom is -0.496 e. The molecule has 2 heterocycles. The number of ether oxygens (including phenoxy) is 2. The smallest absolute Gasteiger partial charge is 0.335 e. The second-order valence-corrected chi connectivity index (χ2v) is 9.40. The van der Waals surface area contributed by atoms with Gasteiger partial charge in [-0.1, -0.05) is 12.1 Å². The molecule has 0 radical (unpaired) electrons. The van der Waals surface area contributed by atoms with E-state index in [-0.39, 0.29) is 23.6 Å². The molecule has 2 aliphatic rings. The van der Waals surface area contributed by atoms with Gasteiger partial charge in [0.15, 0.2) is 0 Å². The lowest BCUT2D eigenvalue weighted by atomic mass is 9.91. The standard InChI is InChI=1S/C27H30N2O5/c1-16-13-23(33-2)24(21-9-11-28-25(16)21)26(30)29-12-10-20(34-15-17-3-4-17)14-22(29)18-5-7-19(8-6-18)27(31)32/h5-9,11,13,17,20,22,28H,3-4,10,12,14-15H2,1-2H3,(H,31,32)/t20-,22-/m0/s1. The fourth-order valence-electron chi connectivity index (χ4n) is 4.95. The Morgan fingerprint density at radius 2 is 1.91 bits per heavy atom. The quantitative estimate of drug-likeness (QED) is 0.518. The summed E-state index contributed by atoms with van der Waals surface area (Å²) >= 11 is 0. The molecule has 2 fully saturated rings. The van der Waals surface area contributed by atoms with E-state index in [2.05, 4.69) is 4.98 Å². The van der Waals surface area contributed by atoms with E-state index in [1.54, 1.807) is 19.2 Å². The highest BCUT2D eigenvalue weighted by atomic mass is 16.5. The molecule has 2 aromatic carbocycles. The van der Waals surface area contributed by atoms with Gasteiger partial charge in [0.05, 0.1) is 30.4 Å². The number of H-pyrrole nitrogens is 1. The summed E-state index contributed by atoms with van der Waals surface area (Å²) in [6.45, 7) is 3.33. The predicted octanol–water partition coefficient (Wildman–Crippen LogP) is 4.96. The second-order valence-electron chi connectivity index (χ2n) is 9.40. The maximum atomic E-state index is 14.0. The van der Waals surface area contributed by atoms with Gasteiger partial charge < -0.3 is 24.5 Å². The Kier molecular flexibility index (Phi) is 6.04. The van der Waals surface area contributed by atoms with Crippen LogP contribution in [0.4, 0.5) is 0 Å². The molecule has 1 aromatic heterocycles. The molecule has 1 aliphatic carbocycles. The molecule has 2 atom stereocenters. The van der Waals surface area contributed by atoms with E-state index >= 15 is 0 Å². The van der Waals surface area contributed by atoms with Crippen LogP contribution in [0.1, 0.15) is 63.6 Å². The zero-order valence-electron chi connectivity index (χ0n) is 19.5. The summed E-state index contributed by atoms with van der Waals surface area (Å²) < 4.78 is 11.9. The molecule has 1 saturated heterocycles. The number of fused-ring (bicyclic) bond motifs is 1. The van der Waals surface area contributed by atoms with Crippen LogP contribution in [0.5, 0.6) is 5.75 Å². The predicted molar refractivity (Wildman–Crippen MR) is 128 cm³/mol. The van der Waals surface area contributed by atoms with Crippen molar-refractivity contribution in [2.24, 2.45) is 5.92 Å². The number of hydrogen-bond acceptors (Lipinski definition) is 4. The number of carboxylic acids is 1. The van der Waals surface area contributed by atoms with Crippen molar-refractivity contribution in [1.29, 1.82) is 0 Å². The van der Waals surface area contributed by atoms with Crippen molar-refractivity contribution < 1.29 is 24.2 Å². The van der Waals surface area contributed by atoms with Crippen molar-refractivity contribution >= 4 is 22.8 Å². The van der Waals surface area contributed by atoms with Crippen molar-refractivity contribution in [3.05, 3.63) is 64.8 Å². The Labute approximate surface area is 198 Å². The number of nitrogens with zero attached hydrogens (tertiary/aromatic N) is 1. The molecule has 34 heavy (non-hydrogen) atoms. The number of aryl methyl sites for hydroxylation is 1. The van der Waals surface area contributed by atoms with E-state index in [0.717, 1.165) is 35.1 Å². The number of nitrogens with one attached hydrogen (secondary N) is 1. The Morgan fingerprint density at radius 1 is 1.15 bits per heavy atom. The van der Waals surface area contributed by atoms with Gasteiger partial charge in [-0.25, -0.2) is 4.79 Å². The molecule has 1 amide bonds. The second kappa shape index (κ2) is 9.14. The normalized spacial score (nSPS) is 20.5. The summed E-state index contributed by atoms with van der Waals surface area (Å²) in [4.78, 5) is 30.5. The zero-order chi connectivity index (χ0) is 23.8. The number of carboxylic acid groups (broad SMARTS) is 1. The van der Waals surface area contributed by atoms with E-state index in [1.807, 2.05) is 42.3 Å². The van der Waals surface area contributed by atoms with Crippen molar-refractivity contribution in [2.45, 2.75) is 44.8 Å². The van der Waals surface area contributed by atoms with Gasteiger partial charge in [0, 0.05) is 30.3 Å². The fourth-order valence-corrected chi connectivity index (χ4v) is 4.95. The molecule has 7 nitrogen and oxygen atoms in total. The van der Waals surface area contributed by atoms with E-state index in [4.69, 9.17) is 9.47 Å². The molecular weight excluding hydrogens is 432 g/mol. The van der Waals surface area contributed by atoms with Crippen molar-refractivity contribution in [1.82, 2.24) is 9.88 Å². The number of rotatable bonds is 7. The molecule has 2 N–H and O–H groups in total. The number of aromatic nitrogens is 1. The van der Waals surface area contributed by atoms with Crippen LogP contribution in [0.3, 0.4) is 0 Å². The van der Waals surface area contributed by atoms with Gasteiger partial charge >= 0.3 is 5.97 Å². The largest absolute Gasteiger partial charge is 0.496 e. The van der Waals surface area contributed by atoms with Gasteiger partial charge in [0.1, 0.15) is 5.75 Å². The van der Waals surface area contributed by atoms with Gasteiger partial charge in [-0.05, 0) is 73.9 Å². The number of amides is 1. The lowest BCUT2D eigenvalue weighted by molar-refractivity contribution is -0.0154. The van der Waals surface area contributed by atoms with E-state index < -0.39 is 5.97 Å². The first-order valence-electron chi connectivity index (χ1n) is 11.9. The Hall–Kier alpha value is -3.32. The van der Waals surface area contributed by atoms with Crippen LogP contribution in [0.25, 0.3) is 10.9 Å². The number of hydrogen-bond donors (Lipinski definition) is 2. The Morgan fingerprint density at radius 3 is 2.59 bits per heavy atom. The molecular formula is C27H30N2O5. The van der Waals surface area contributed by atoms with Crippen LogP contribution < -0.4 is 4.74 Å². The van der Waals surface area contributed by atoms with Crippen LogP contribution in [0.2, 0.25) is 0 Å². The van der Waals surface area contributed by atoms with Crippen LogP contribution in [-0.2, 0) is 4.74 Å². The molecule has 1 saturated carbocycles. The molecule has 3 aromatic rings. The summed E-state index contributed by atoms with van der Waals surface area (Å²) in [5, 5.41) is 10.1. The summed E-state index contributed by atoms with van der Waals surface area (Å²) in [6, 6.07) is 10.4. The zero-order valence-corrected chi connectivity index (χ0v) is 19.5. The van der Waals surface area contributed by atoms with Gasteiger partial charge in [0.2, 0.25) is 0 Å². The van der Waals surface area contributed by atoms with Crippen LogP contribution in [0.15, 0.2) is 42.6 Å². The van der Waals surface area contributed by atoms with E-state index in [0.29, 0.717) is 30.2 Å². The van der Waals surface area contributed by atoms with Gasteiger partial charge in [-0.3, -0.25) is 4.79 Å². The van der Waals surface area contributed by atoms with Crippen LogP contribution in [0, 0.1) is 12.8 Å². The van der Waals surface area contributed by atoms with Crippen molar-refractivity contribution in [3.63, 3.8) is 0 Å². The lowest BCUT2D eigenvalue weighted by Crippen LogP contribution is -2.43. The third-order valence-electron chi connectivity index (χ3n) is 7.06. The van der Waals surface area contributed by atoms with Crippen molar-refractivity contribution in [3.8, 4) is 5.75 Å². The topological polar surface area (TPSA) is 91.9 Å². The summed E-state index contributed by atoms with van der Waals surface area (Å²) in [7, 11) is 1.59. The number of aromatic carboxylic acids is 1. The molecule has 7 heteroatoms. The first-order valence-corrected chi connectivity index (χ1v) is 11.9. The first-order chi connectivity index (χ1) is 16.5. The monoisotopic (exact) mass is 462 g/mol. The van der Waals surface area contributed by atoms with Gasteiger partial charge in [0.25, 0.3) is 5.91 Å². The Bertz CT molecular complexity index is 1210. The minimum absolute atomic E-state index is 0.0704. The molecule has 0 spiro atoms. The number of carbonyl (C=O) groups excluding carboxylic acids is 1. The Balaban J connectivity index is 1.50. The SMILES string of the molecule is COc1cc(C)c2[nH]ccc2c1C(=O)N1CC[C@H](OCC2CC2)C[C@H]1c1ccc(C(=O)O)cc1. The van der Waals surface area contributed by atoms with E-state index in [1.165, 1.54) is 12.8 Å². The number of piperidine rings is 1. The molecule has 1 aliphatic heterocycles. The van der Waals surface area contributed by atoms with Gasteiger partial charge in [-0.2, -0.15) is 0 Å². The van der Waals surface area contributed by atoms with Crippen LogP contribution in [-0.4, -0.2) is 53.2 Å². The molecule has 178 valence electrons. The average Bonchev–Trinajstić information content (AvgIpc) is 3.55. The minimum atomic E-state index is -0.965. The highest BCUT2D eigenvalue weighted by Gasteiger charge is 2.36. The summed E-state index contributed by atoms with van der Waals surface area (Å²) in [6.07, 6.45) is 5.82. The lowest BCUT2D eigenvalue weighted by Gasteiger charge is -2.40. The maximum absolute atomic E-state index is 14.0. The third kappa shape index (κ3) is 4.28. The number of carbonyl (C=O) groups is 2. The van der Waals surface area contributed by atoms with Crippen LogP contribution >= 0.6 is 0 Å². The number of aromatic amines is 1. The number of benzene rings is 2. The van der Waals surface area contributed by atoms with Crippen molar-refractivity contribution in [2.75, 3.05) is 20.3 Å². The molecule has 5 rings (SSSR count). The summed E-state index contributed by atoms with van der Waals surface area (Å²) in [5.74, 6) is 0.177.